The van der Waals surface area contributed by atoms with Crippen molar-refractivity contribution in [1.29, 1.82) is 0 Å². The maximum atomic E-state index is 12.7. The fourth-order valence-corrected chi connectivity index (χ4v) is 9.73. The molecule has 71 heavy (non-hydrogen) atoms. The SMILES string of the molecule is CCC=CCC=CCC=CCC=CCC=CCC=CCCC(=O)SCCNC(=O)CCNC(=O)C(O)C(C)(C)COP(=O)(O)OP(=O)(O)OCC1OC(n2cnc3c(N)ncnc32)C(O)C1OP(=O)(O)O. The van der Waals surface area contributed by atoms with Gasteiger partial charge in [0, 0.05) is 37.1 Å². The molecule has 1 aliphatic heterocycles. The van der Waals surface area contributed by atoms with Crippen LogP contribution < -0.4 is 16.4 Å². The smallest absolute Gasteiger partial charge is 0.386 e. The Morgan fingerprint density at radius 2 is 1.42 bits per heavy atom. The zero-order chi connectivity index (χ0) is 52.5. The van der Waals surface area contributed by atoms with Crippen molar-refractivity contribution >= 4 is 69.1 Å². The van der Waals surface area contributed by atoms with Gasteiger partial charge in [-0.25, -0.2) is 28.6 Å². The minimum Gasteiger partial charge on any atom is -0.386 e. The summed E-state index contributed by atoms with van der Waals surface area (Å²) in [6.07, 6.45) is 24.9. The Hall–Kier alpha value is -4.00. The van der Waals surface area contributed by atoms with Gasteiger partial charge >= 0.3 is 23.5 Å². The van der Waals surface area contributed by atoms with E-state index in [4.69, 9.17) is 19.5 Å². The second kappa shape index (κ2) is 30.9. The fraction of sp³-hybridized carbons (Fsp3) is 0.535. The van der Waals surface area contributed by atoms with E-state index < -0.39 is 84.6 Å². The molecule has 28 heteroatoms. The predicted molar refractivity (Wildman–Crippen MR) is 265 cm³/mol. The molecule has 1 fully saturated rings. The summed E-state index contributed by atoms with van der Waals surface area (Å²) in [5, 5.41) is 26.6. The number of aromatic nitrogens is 4. The number of fused-ring (bicyclic) bond motifs is 1. The Morgan fingerprint density at radius 3 is 2.01 bits per heavy atom. The summed E-state index contributed by atoms with van der Waals surface area (Å²) in [7, 11) is -16.4. The van der Waals surface area contributed by atoms with Gasteiger partial charge in [-0.1, -0.05) is 105 Å². The molecule has 3 rings (SSSR count). The van der Waals surface area contributed by atoms with Gasteiger partial charge in [-0.15, -0.1) is 0 Å². The van der Waals surface area contributed by atoms with Crippen LogP contribution in [0.4, 0.5) is 5.82 Å². The summed E-state index contributed by atoms with van der Waals surface area (Å²) in [5.41, 5.74) is 4.27. The lowest BCUT2D eigenvalue weighted by Crippen LogP contribution is -2.46. The van der Waals surface area contributed by atoms with Crippen LogP contribution in [0.2, 0.25) is 0 Å². The third-order valence-corrected chi connectivity index (χ3v) is 13.9. The highest BCUT2D eigenvalue weighted by atomic mass is 32.2. The van der Waals surface area contributed by atoms with E-state index in [1.165, 1.54) is 13.8 Å². The van der Waals surface area contributed by atoms with Gasteiger partial charge in [0.15, 0.2) is 22.8 Å². The molecular formula is C43H66N7O17P3S. The zero-order valence-corrected chi connectivity index (χ0v) is 43.2. The van der Waals surface area contributed by atoms with E-state index in [0.29, 0.717) is 18.6 Å². The summed E-state index contributed by atoms with van der Waals surface area (Å²) in [6.45, 7) is 2.61. The Morgan fingerprint density at radius 1 is 0.845 bits per heavy atom. The molecule has 0 saturated carbocycles. The zero-order valence-electron chi connectivity index (χ0n) is 39.7. The molecule has 10 N–H and O–H groups in total. The third-order valence-electron chi connectivity index (χ3n) is 9.88. The molecule has 24 nitrogen and oxygen atoms in total. The maximum absolute atomic E-state index is 12.7. The molecule has 7 atom stereocenters. The van der Waals surface area contributed by atoms with Crippen LogP contribution in [0.25, 0.3) is 11.2 Å². The van der Waals surface area contributed by atoms with Gasteiger partial charge in [0.1, 0.15) is 36.3 Å². The van der Waals surface area contributed by atoms with Crippen molar-refractivity contribution in [3.05, 3.63) is 85.6 Å². The molecule has 0 radical (unpaired) electrons. The van der Waals surface area contributed by atoms with Crippen LogP contribution in [0, 0.1) is 5.41 Å². The normalized spacial score (nSPS) is 20.3. The number of anilines is 1. The second-order valence-electron chi connectivity index (χ2n) is 16.2. The quantitative estimate of drug-likeness (QED) is 0.0254. The number of aliphatic hydroxyl groups excluding tert-OH is 2. The Balaban J connectivity index is 1.29. The lowest BCUT2D eigenvalue weighted by Gasteiger charge is -2.30. The minimum absolute atomic E-state index is 0.0179. The Kier molecular flexibility index (Phi) is 26.7. The van der Waals surface area contributed by atoms with Crippen molar-refractivity contribution in [3.8, 4) is 0 Å². The van der Waals surface area contributed by atoms with Gasteiger partial charge in [0.25, 0.3) is 0 Å². The fourth-order valence-electron chi connectivity index (χ4n) is 6.21. The van der Waals surface area contributed by atoms with Crippen molar-refractivity contribution in [2.75, 3.05) is 37.8 Å². The Bertz CT molecular complexity index is 2360. The van der Waals surface area contributed by atoms with Crippen molar-refractivity contribution < 1.29 is 80.5 Å². The van der Waals surface area contributed by atoms with E-state index in [2.05, 4.69) is 102 Å². The number of nitrogens with two attached hydrogens (primary N) is 1. The van der Waals surface area contributed by atoms with Gasteiger partial charge in [-0.3, -0.25) is 32.5 Å². The number of phosphoric ester groups is 3. The molecule has 396 valence electrons. The van der Waals surface area contributed by atoms with Gasteiger partial charge in [0.2, 0.25) is 11.8 Å². The summed E-state index contributed by atoms with van der Waals surface area (Å²) >= 11 is 1.09. The van der Waals surface area contributed by atoms with Gasteiger partial charge in [-0.05, 0) is 44.9 Å². The monoisotopic (exact) mass is 1080 g/mol. The number of aliphatic hydroxyl groups is 2. The first-order valence-corrected chi connectivity index (χ1v) is 28.0. The van der Waals surface area contributed by atoms with Gasteiger partial charge in [0.05, 0.1) is 19.5 Å². The number of amides is 2. The molecule has 0 aliphatic carbocycles. The van der Waals surface area contributed by atoms with Crippen molar-refractivity contribution in [3.63, 3.8) is 0 Å². The molecule has 3 heterocycles. The lowest BCUT2D eigenvalue weighted by atomic mass is 9.87. The number of ether oxygens (including phenoxy) is 1. The van der Waals surface area contributed by atoms with Crippen LogP contribution in [0.15, 0.2) is 85.6 Å². The predicted octanol–water partition coefficient (Wildman–Crippen LogP) is 5.14. The number of carbonyl (C=O) groups excluding carboxylic acids is 3. The Labute approximate surface area is 416 Å². The highest BCUT2D eigenvalue weighted by molar-refractivity contribution is 8.13. The molecule has 2 amide bonds. The summed E-state index contributed by atoms with van der Waals surface area (Å²) < 4.78 is 62.4. The number of imidazole rings is 1. The van der Waals surface area contributed by atoms with Crippen LogP contribution >= 0.6 is 35.2 Å². The number of hydrogen-bond donors (Lipinski definition) is 9. The third kappa shape index (κ3) is 23.6. The molecule has 0 spiro atoms. The van der Waals surface area contributed by atoms with E-state index in [1.54, 1.807) is 0 Å². The summed E-state index contributed by atoms with van der Waals surface area (Å²) in [4.78, 5) is 88.4. The van der Waals surface area contributed by atoms with Gasteiger partial charge < -0.3 is 50.9 Å². The first kappa shape index (κ1) is 61.3. The number of rotatable bonds is 33. The standard InChI is InChI=1S/C43H66N7O17P3S/c1-4-5-6-7-8-9-10-11-12-13-14-15-16-17-18-19-20-21-22-23-34(52)71-27-26-45-33(51)24-25-46-41(55)38(54)43(2,3)29-64-70(61,62)67-69(59,60)63-28-32-37(66-68(56,57)58)36(53)42(65-32)50-31-49-35-39(44)47-30-48-40(35)50/h5-6,8-9,11-12,14-15,17-18,20-21,30-32,36-38,42,53-54H,4,7,10,13,16,19,22-29H2,1-3H3,(H,45,51)(H,46,55)(H,59,60)(H,61,62)(H2,44,47,48)(H2,56,57,58). The van der Waals surface area contributed by atoms with Gasteiger partial charge in [-0.2, -0.15) is 4.31 Å². The van der Waals surface area contributed by atoms with E-state index >= 15 is 0 Å². The van der Waals surface area contributed by atoms with E-state index in [9.17, 15) is 57.9 Å². The number of carbonyl (C=O) groups is 3. The molecule has 7 unspecified atom stereocenters. The van der Waals surface area contributed by atoms with Crippen molar-refractivity contribution in [2.45, 2.75) is 109 Å². The summed E-state index contributed by atoms with van der Waals surface area (Å²) in [6, 6.07) is 0. The molecule has 1 aliphatic rings. The first-order valence-electron chi connectivity index (χ1n) is 22.5. The average Bonchev–Trinajstić information content (AvgIpc) is 3.86. The van der Waals surface area contributed by atoms with Crippen LogP contribution in [-0.2, 0) is 50.7 Å². The van der Waals surface area contributed by atoms with Crippen LogP contribution in [0.1, 0.15) is 84.8 Å². The molecule has 0 bridgehead atoms. The number of hydrogen-bond acceptors (Lipinski definition) is 18. The van der Waals surface area contributed by atoms with Crippen LogP contribution in [0.3, 0.4) is 0 Å². The van der Waals surface area contributed by atoms with Crippen LogP contribution in [-0.4, -0.2) is 123 Å². The molecule has 1 saturated heterocycles. The number of nitrogens with one attached hydrogen (secondary N) is 2. The number of phosphoric acid groups is 3. The number of nitrogen functional groups attached to an aromatic ring is 1. The lowest BCUT2D eigenvalue weighted by molar-refractivity contribution is -0.137. The van der Waals surface area contributed by atoms with E-state index in [0.717, 1.165) is 67.5 Å². The van der Waals surface area contributed by atoms with E-state index in [1.807, 2.05) is 12.2 Å². The van der Waals surface area contributed by atoms with E-state index in [-0.39, 0.29) is 41.6 Å². The number of allylic oxidation sites excluding steroid dienone is 12. The number of thioether (sulfide) groups is 1. The molecule has 2 aromatic heterocycles. The molecule has 0 aromatic carbocycles. The first-order chi connectivity index (χ1) is 33.6. The maximum Gasteiger partial charge on any atom is 0.481 e. The number of nitrogens with zero attached hydrogens (tertiary/aromatic N) is 4. The molecular weight excluding hydrogens is 1010 g/mol. The molecule has 2 aromatic rings. The highest BCUT2D eigenvalue weighted by Gasteiger charge is 2.50. The minimum atomic E-state index is -5.58. The second-order valence-corrected chi connectivity index (χ2v) is 21.6. The topological polar surface area (TPSA) is 364 Å². The largest absolute Gasteiger partial charge is 0.481 e. The average molecular weight is 1080 g/mol. The highest BCUT2D eigenvalue weighted by Crippen LogP contribution is 2.61. The van der Waals surface area contributed by atoms with Crippen molar-refractivity contribution in [1.82, 2.24) is 30.2 Å². The van der Waals surface area contributed by atoms with Crippen molar-refractivity contribution in [2.24, 2.45) is 5.41 Å². The van der Waals surface area contributed by atoms with Crippen LogP contribution in [0.5, 0.6) is 0 Å². The summed E-state index contributed by atoms with van der Waals surface area (Å²) in [5.74, 6) is -1.11.